The van der Waals surface area contributed by atoms with Gasteiger partial charge >= 0.3 is 0 Å². The van der Waals surface area contributed by atoms with Gasteiger partial charge in [0.15, 0.2) is 0 Å². The standard InChI is InChI=1S/C13H12BrClN2OS/c1-8(18)17-12-4-5-19-13(12)7-16-11-3-2-9(14)6-10(11)15/h2-6,16H,7H2,1H3,(H,17,18). The molecule has 1 heterocycles. The van der Waals surface area contributed by atoms with E-state index < -0.39 is 0 Å². The molecule has 0 saturated heterocycles. The lowest BCUT2D eigenvalue weighted by Gasteiger charge is -2.09. The lowest BCUT2D eigenvalue weighted by Crippen LogP contribution is -2.08. The van der Waals surface area contributed by atoms with E-state index in [1.54, 1.807) is 11.3 Å². The highest BCUT2D eigenvalue weighted by molar-refractivity contribution is 9.10. The zero-order chi connectivity index (χ0) is 13.8. The van der Waals surface area contributed by atoms with Crippen molar-refractivity contribution in [2.75, 3.05) is 10.6 Å². The Morgan fingerprint density at radius 1 is 1.37 bits per heavy atom. The van der Waals surface area contributed by atoms with Crippen LogP contribution >= 0.6 is 38.9 Å². The first kappa shape index (κ1) is 14.4. The smallest absolute Gasteiger partial charge is 0.221 e. The molecule has 0 bridgehead atoms. The Morgan fingerprint density at radius 2 is 2.16 bits per heavy atom. The third kappa shape index (κ3) is 3.96. The molecule has 3 nitrogen and oxygen atoms in total. The minimum absolute atomic E-state index is 0.0682. The van der Waals surface area contributed by atoms with E-state index in [0.717, 1.165) is 20.7 Å². The molecule has 1 aromatic carbocycles. The Kier molecular flexibility index (Phi) is 4.85. The summed E-state index contributed by atoms with van der Waals surface area (Å²) in [6.45, 7) is 2.12. The second-order valence-corrected chi connectivity index (χ2v) is 6.24. The summed E-state index contributed by atoms with van der Waals surface area (Å²) in [6, 6.07) is 7.58. The number of nitrogens with one attached hydrogen (secondary N) is 2. The Morgan fingerprint density at radius 3 is 2.84 bits per heavy atom. The van der Waals surface area contributed by atoms with Gasteiger partial charge in [0.05, 0.1) is 22.9 Å². The van der Waals surface area contributed by atoms with Crippen LogP contribution in [0.1, 0.15) is 11.8 Å². The summed E-state index contributed by atoms with van der Waals surface area (Å²) in [5.41, 5.74) is 1.71. The molecule has 0 spiro atoms. The van der Waals surface area contributed by atoms with Crippen LogP contribution in [0.25, 0.3) is 0 Å². The molecule has 2 N–H and O–H groups in total. The van der Waals surface area contributed by atoms with E-state index in [4.69, 9.17) is 11.6 Å². The molecule has 0 aliphatic heterocycles. The summed E-state index contributed by atoms with van der Waals surface area (Å²) in [7, 11) is 0. The molecule has 0 aliphatic carbocycles. The Hall–Kier alpha value is -1.04. The van der Waals surface area contributed by atoms with Crippen molar-refractivity contribution >= 4 is 56.1 Å². The molecule has 0 saturated carbocycles. The Balaban J connectivity index is 2.06. The fourth-order valence-electron chi connectivity index (χ4n) is 1.59. The van der Waals surface area contributed by atoms with Crippen LogP contribution in [0.4, 0.5) is 11.4 Å². The van der Waals surface area contributed by atoms with Crippen LogP contribution < -0.4 is 10.6 Å². The van der Waals surface area contributed by atoms with Crippen LogP contribution in [0.3, 0.4) is 0 Å². The fraction of sp³-hybridized carbons (Fsp3) is 0.154. The second-order valence-electron chi connectivity index (χ2n) is 3.92. The SMILES string of the molecule is CC(=O)Nc1ccsc1CNc1ccc(Br)cc1Cl. The highest BCUT2D eigenvalue weighted by Crippen LogP contribution is 2.28. The Labute approximate surface area is 129 Å². The summed E-state index contributed by atoms with van der Waals surface area (Å²) in [5.74, 6) is -0.0682. The number of anilines is 2. The number of benzene rings is 1. The molecule has 2 rings (SSSR count). The van der Waals surface area contributed by atoms with Crippen molar-refractivity contribution in [3.63, 3.8) is 0 Å². The maximum Gasteiger partial charge on any atom is 0.221 e. The number of halogens is 2. The van der Waals surface area contributed by atoms with Crippen LogP contribution in [-0.4, -0.2) is 5.91 Å². The van der Waals surface area contributed by atoms with Gasteiger partial charge in [-0.3, -0.25) is 4.79 Å². The van der Waals surface area contributed by atoms with E-state index in [0.29, 0.717) is 11.6 Å². The molecule has 0 aliphatic rings. The van der Waals surface area contributed by atoms with E-state index in [1.807, 2.05) is 29.6 Å². The van der Waals surface area contributed by atoms with Gasteiger partial charge in [-0.05, 0) is 29.6 Å². The molecule has 2 aromatic rings. The third-order valence-electron chi connectivity index (χ3n) is 2.43. The number of rotatable bonds is 4. The molecule has 6 heteroatoms. The number of hydrogen-bond acceptors (Lipinski definition) is 3. The predicted molar refractivity (Wildman–Crippen MR) is 85.1 cm³/mol. The molecule has 0 radical (unpaired) electrons. The molecule has 0 fully saturated rings. The van der Waals surface area contributed by atoms with Gasteiger partial charge in [0, 0.05) is 16.3 Å². The third-order valence-corrected chi connectivity index (χ3v) is 4.15. The van der Waals surface area contributed by atoms with Crippen molar-refractivity contribution in [2.45, 2.75) is 13.5 Å². The van der Waals surface area contributed by atoms with Gasteiger partial charge in [-0.2, -0.15) is 0 Å². The lowest BCUT2D eigenvalue weighted by molar-refractivity contribution is -0.114. The van der Waals surface area contributed by atoms with E-state index in [-0.39, 0.29) is 5.91 Å². The van der Waals surface area contributed by atoms with Gasteiger partial charge in [0.2, 0.25) is 5.91 Å². The normalized spacial score (nSPS) is 10.3. The zero-order valence-corrected chi connectivity index (χ0v) is 13.3. The van der Waals surface area contributed by atoms with Gasteiger partial charge in [0.25, 0.3) is 0 Å². The van der Waals surface area contributed by atoms with Crippen molar-refractivity contribution in [1.29, 1.82) is 0 Å². The monoisotopic (exact) mass is 358 g/mol. The summed E-state index contributed by atoms with van der Waals surface area (Å²) in [6.07, 6.45) is 0. The van der Waals surface area contributed by atoms with Crippen molar-refractivity contribution in [2.24, 2.45) is 0 Å². The number of hydrogen-bond donors (Lipinski definition) is 2. The summed E-state index contributed by atoms with van der Waals surface area (Å²) >= 11 is 11.1. The summed E-state index contributed by atoms with van der Waals surface area (Å²) < 4.78 is 0.943. The van der Waals surface area contributed by atoms with Gasteiger partial charge in [-0.25, -0.2) is 0 Å². The van der Waals surface area contributed by atoms with E-state index in [1.165, 1.54) is 6.92 Å². The molecule has 100 valence electrons. The first-order valence-corrected chi connectivity index (χ1v) is 7.64. The minimum Gasteiger partial charge on any atom is -0.379 e. The average Bonchev–Trinajstić information content (AvgIpc) is 2.74. The van der Waals surface area contributed by atoms with Crippen molar-refractivity contribution in [3.8, 4) is 0 Å². The Bertz CT molecular complexity index is 600. The van der Waals surface area contributed by atoms with E-state index >= 15 is 0 Å². The van der Waals surface area contributed by atoms with Crippen LogP contribution in [-0.2, 0) is 11.3 Å². The first-order valence-electron chi connectivity index (χ1n) is 5.59. The second kappa shape index (κ2) is 6.41. The summed E-state index contributed by atoms with van der Waals surface area (Å²) in [5, 5.41) is 8.68. The largest absolute Gasteiger partial charge is 0.379 e. The molecular formula is C13H12BrClN2OS. The van der Waals surface area contributed by atoms with Gasteiger partial charge in [-0.15, -0.1) is 11.3 Å². The van der Waals surface area contributed by atoms with Crippen LogP contribution in [0.15, 0.2) is 34.1 Å². The minimum atomic E-state index is -0.0682. The highest BCUT2D eigenvalue weighted by Gasteiger charge is 2.07. The predicted octanol–water partition coefficient (Wildman–Crippen LogP) is 4.73. The average molecular weight is 360 g/mol. The number of amides is 1. The van der Waals surface area contributed by atoms with Crippen molar-refractivity contribution in [3.05, 3.63) is 44.0 Å². The number of thiophene rings is 1. The topological polar surface area (TPSA) is 41.1 Å². The quantitative estimate of drug-likeness (QED) is 0.828. The van der Waals surface area contributed by atoms with Crippen molar-refractivity contribution < 1.29 is 4.79 Å². The molecular weight excluding hydrogens is 348 g/mol. The zero-order valence-electron chi connectivity index (χ0n) is 10.2. The van der Waals surface area contributed by atoms with Gasteiger partial charge < -0.3 is 10.6 Å². The molecule has 1 aromatic heterocycles. The number of carbonyl (C=O) groups excluding carboxylic acids is 1. The maximum atomic E-state index is 11.1. The van der Waals surface area contributed by atoms with Crippen LogP contribution in [0.5, 0.6) is 0 Å². The molecule has 0 unspecified atom stereocenters. The van der Waals surface area contributed by atoms with Crippen LogP contribution in [0, 0.1) is 0 Å². The van der Waals surface area contributed by atoms with E-state index in [2.05, 4.69) is 26.6 Å². The van der Waals surface area contributed by atoms with Gasteiger partial charge in [-0.1, -0.05) is 27.5 Å². The summed E-state index contributed by atoms with van der Waals surface area (Å²) in [4.78, 5) is 12.1. The first-order chi connectivity index (χ1) is 9.06. The fourth-order valence-corrected chi connectivity index (χ4v) is 3.10. The highest BCUT2D eigenvalue weighted by atomic mass is 79.9. The lowest BCUT2D eigenvalue weighted by atomic mass is 10.3. The molecule has 0 atom stereocenters. The maximum absolute atomic E-state index is 11.1. The molecule has 1 amide bonds. The van der Waals surface area contributed by atoms with Gasteiger partial charge in [0.1, 0.15) is 0 Å². The van der Waals surface area contributed by atoms with Crippen LogP contribution in [0.2, 0.25) is 5.02 Å². The van der Waals surface area contributed by atoms with E-state index in [9.17, 15) is 4.79 Å². The van der Waals surface area contributed by atoms with Crippen molar-refractivity contribution in [1.82, 2.24) is 0 Å². The number of carbonyl (C=O) groups is 1. The molecule has 19 heavy (non-hydrogen) atoms.